The van der Waals surface area contributed by atoms with E-state index < -0.39 is 0 Å². The zero-order valence-electron chi connectivity index (χ0n) is 9.16. The van der Waals surface area contributed by atoms with Crippen LogP contribution in [0.5, 0.6) is 0 Å². The lowest BCUT2D eigenvalue weighted by Gasteiger charge is -2.09. The summed E-state index contributed by atoms with van der Waals surface area (Å²) >= 11 is 3.86. The summed E-state index contributed by atoms with van der Waals surface area (Å²) in [5.41, 5.74) is 1.16. The second kappa shape index (κ2) is 5.87. The number of rotatable bonds is 5. The maximum Gasteiger partial charge on any atom is 0.0928 e. The topological polar surface area (TPSA) is 24.9 Å². The fraction of sp³-hybridized carbons (Fsp3) is 0.727. The molecule has 0 aliphatic carbocycles. The Hall–Kier alpha value is -0.0600. The average molecular weight is 242 g/mol. The van der Waals surface area contributed by atoms with Crippen molar-refractivity contribution in [1.82, 2.24) is 10.3 Å². The molecule has 0 aromatic carbocycles. The van der Waals surface area contributed by atoms with Crippen LogP contribution in [0.4, 0.5) is 0 Å². The number of hydrogen-bond acceptors (Lipinski definition) is 4. The first-order valence-corrected chi connectivity index (χ1v) is 7.60. The van der Waals surface area contributed by atoms with Gasteiger partial charge in [-0.05, 0) is 32.1 Å². The molecule has 2 heterocycles. The highest BCUT2D eigenvalue weighted by atomic mass is 32.2. The van der Waals surface area contributed by atoms with Gasteiger partial charge in [-0.25, -0.2) is 4.98 Å². The van der Waals surface area contributed by atoms with E-state index in [1.807, 2.05) is 0 Å². The van der Waals surface area contributed by atoms with Gasteiger partial charge >= 0.3 is 0 Å². The van der Waals surface area contributed by atoms with Crippen LogP contribution in [0.25, 0.3) is 0 Å². The molecule has 1 aromatic rings. The van der Waals surface area contributed by atoms with Crippen LogP contribution in [0.3, 0.4) is 0 Å². The molecular formula is C11H18N2S2. The van der Waals surface area contributed by atoms with Gasteiger partial charge in [0.2, 0.25) is 0 Å². The highest BCUT2D eigenvalue weighted by molar-refractivity contribution is 7.99. The molecule has 15 heavy (non-hydrogen) atoms. The van der Waals surface area contributed by atoms with Gasteiger partial charge in [0.1, 0.15) is 0 Å². The van der Waals surface area contributed by atoms with Crippen molar-refractivity contribution in [3.63, 3.8) is 0 Å². The molecule has 2 nitrogen and oxygen atoms in total. The molecule has 0 saturated carbocycles. The van der Waals surface area contributed by atoms with Gasteiger partial charge in [0.15, 0.2) is 0 Å². The normalized spacial score (nSPS) is 21.0. The number of thioether (sulfide) groups is 1. The number of hydrogen-bond donors (Lipinski definition) is 1. The minimum Gasteiger partial charge on any atom is -0.313 e. The predicted molar refractivity (Wildman–Crippen MR) is 68.9 cm³/mol. The van der Waals surface area contributed by atoms with Crippen molar-refractivity contribution in [1.29, 1.82) is 0 Å². The molecule has 1 aliphatic rings. The zero-order chi connectivity index (χ0) is 10.5. The lowest BCUT2D eigenvalue weighted by molar-refractivity contribution is 0.544. The number of nitrogens with one attached hydrogen (secondary N) is 1. The minimum absolute atomic E-state index is 0.771. The first kappa shape index (κ1) is 11.4. The third-order valence-electron chi connectivity index (χ3n) is 2.60. The molecular weight excluding hydrogens is 224 g/mol. The second-order valence-electron chi connectivity index (χ2n) is 4.00. The van der Waals surface area contributed by atoms with Crippen LogP contribution in [0.1, 0.15) is 23.5 Å². The lowest BCUT2D eigenvalue weighted by atomic mass is 10.2. The Kier molecular flexibility index (Phi) is 4.47. The summed E-state index contributed by atoms with van der Waals surface area (Å²) in [6.45, 7) is 3.21. The Morgan fingerprint density at radius 2 is 2.53 bits per heavy atom. The minimum atomic E-state index is 0.771. The van der Waals surface area contributed by atoms with Crippen molar-refractivity contribution in [3.8, 4) is 0 Å². The Labute approximate surface area is 99.9 Å². The molecule has 1 aromatic heterocycles. The van der Waals surface area contributed by atoms with Crippen LogP contribution in [0.2, 0.25) is 0 Å². The standard InChI is InChI=1S/C11H18N2S2/c1-9-7-15-11(13-9)3-2-5-12-10-4-6-14-8-10/h7,10,12H,2-6,8H2,1H3. The maximum absolute atomic E-state index is 4.47. The van der Waals surface area contributed by atoms with Crippen molar-refractivity contribution in [3.05, 3.63) is 16.1 Å². The van der Waals surface area contributed by atoms with Crippen LogP contribution < -0.4 is 5.32 Å². The largest absolute Gasteiger partial charge is 0.313 e. The number of thiazole rings is 1. The molecule has 0 radical (unpaired) electrons. The fourth-order valence-corrected chi connectivity index (χ4v) is 3.76. The predicted octanol–water partition coefficient (Wildman–Crippen LogP) is 2.48. The number of aromatic nitrogens is 1. The Balaban J connectivity index is 1.58. The van der Waals surface area contributed by atoms with E-state index in [-0.39, 0.29) is 0 Å². The van der Waals surface area contributed by atoms with Gasteiger partial charge in [-0.2, -0.15) is 11.8 Å². The first-order valence-electron chi connectivity index (χ1n) is 5.57. The molecule has 0 amide bonds. The van der Waals surface area contributed by atoms with Gasteiger partial charge in [0.05, 0.1) is 5.01 Å². The lowest BCUT2D eigenvalue weighted by Crippen LogP contribution is -2.29. The van der Waals surface area contributed by atoms with Crippen LogP contribution >= 0.6 is 23.1 Å². The fourth-order valence-electron chi connectivity index (χ4n) is 1.76. The van der Waals surface area contributed by atoms with E-state index >= 15 is 0 Å². The third kappa shape index (κ3) is 3.78. The van der Waals surface area contributed by atoms with E-state index in [2.05, 4.69) is 34.4 Å². The zero-order valence-corrected chi connectivity index (χ0v) is 10.8. The van der Waals surface area contributed by atoms with E-state index in [0.717, 1.165) is 24.7 Å². The van der Waals surface area contributed by atoms with Crippen molar-refractivity contribution in [2.45, 2.75) is 32.2 Å². The second-order valence-corrected chi connectivity index (χ2v) is 6.09. The van der Waals surface area contributed by atoms with Gasteiger partial charge in [0, 0.05) is 29.3 Å². The Bertz CT molecular complexity index is 293. The molecule has 2 rings (SSSR count). The highest BCUT2D eigenvalue weighted by Crippen LogP contribution is 2.17. The average Bonchev–Trinajstić information content (AvgIpc) is 2.84. The maximum atomic E-state index is 4.47. The molecule has 1 atom stereocenters. The van der Waals surface area contributed by atoms with Crippen LogP contribution in [0.15, 0.2) is 5.38 Å². The first-order chi connectivity index (χ1) is 7.34. The Morgan fingerprint density at radius 3 is 3.20 bits per heavy atom. The summed E-state index contributed by atoms with van der Waals surface area (Å²) in [6.07, 6.45) is 3.69. The molecule has 1 aliphatic heterocycles. The summed E-state index contributed by atoms with van der Waals surface area (Å²) < 4.78 is 0. The smallest absolute Gasteiger partial charge is 0.0928 e. The van der Waals surface area contributed by atoms with Gasteiger partial charge in [-0.15, -0.1) is 11.3 Å². The van der Waals surface area contributed by atoms with E-state index in [9.17, 15) is 0 Å². The van der Waals surface area contributed by atoms with Crippen LogP contribution in [0, 0.1) is 6.92 Å². The summed E-state index contributed by atoms with van der Waals surface area (Å²) in [4.78, 5) is 4.47. The summed E-state index contributed by atoms with van der Waals surface area (Å²) in [6, 6.07) is 0.771. The number of aryl methyl sites for hydroxylation is 2. The molecule has 84 valence electrons. The van der Waals surface area contributed by atoms with Crippen LogP contribution in [-0.2, 0) is 6.42 Å². The molecule has 1 N–H and O–H groups in total. The van der Waals surface area contributed by atoms with E-state index in [4.69, 9.17) is 0 Å². The third-order valence-corrected chi connectivity index (χ3v) is 4.79. The molecule has 1 saturated heterocycles. The molecule has 1 fully saturated rings. The summed E-state index contributed by atoms with van der Waals surface area (Å²) in [5.74, 6) is 2.64. The molecule has 0 bridgehead atoms. The van der Waals surface area contributed by atoms with Crippen molar-refractivity contribution < 1.29 is 0 Å². The van der Waals surface area contributed by atoms with Crippen molar-refractivity contribution in [2.75, 3.05) is 18.1 Å². The quantitative estimate of drug-likeness (QED) is 0.803. The summed E-state index contributed by atoms with van der Waals surface area (Å²) in [5, 5.41) is 7.04. The van der Waals surface area contributed by atoms with E-state index in [1.165, 1.54) is 29.4 Å². The van der Waals surface area contributed by atoms with Gasteiger partial charge in [0.25, 0.3) is 0 Å². The molecule has 1 unspecified atom stereocenters. The molecule has 4 heteroatoms. The van der Waals surface area contributed by atoms with E-state index in [1.54, 1.807) is 11.3 Å². The SMILES string of the molecule is Cc1csc(CCCNC2CCSC2)n1. The van der Waals surface area contributed by atoms with Gasteiger partial charge in [-0.3, -0.25) is 0 Å². The Morgan fingerprint density at radius 1 is 1.60 bits per heavy atom. The highest BCUT2D eigenvalue weighted by Gasteiger charge is 2.13. The number of nitrogens with zero attached hydrogens (tertiary/aromatic N) is 1. The van der Waals surface area contributed by atoms with Crippen molar-refractivity contribution >= 4 is 23.1 Å². The summed E-state index contributed by atoms with van der Waals surface area (Å²) in [7, 11) is 0. The van der Waals surface area contributed by atoms with E-state index in [0.29, 0.717) is 0 Å². The van der Waals surface area contributed by atoms with Crippen molar-refractivity contribution in [2.24, 2.45) is 0 Å². The molecule has 0 spiro atoms. The monoisotopic (exact) mass is 242 g/mol. The van der Waals surface area contributed by atoms with Crippen LogP contribution in [-0.4, -0.2) is 29.1 Å². The van der Waals surface area contributed by atoms with Gasteiger partial charge < -0.3 is 5.32 Å². The van der Waals surface area contributed by atoms with Gasteiger partial charge in [-0.1, -0.05) is 0 Å².